The number of imide groups is 1. The first-order chi connectivity index (χ1) is 12.8. The lowest BCUT2D eigenvalue weighted by molar-refractivity contribution is -0.133. The van der Waals surface area contributed by atoms with Crippen molar-refractivity contribution in [1.29, 1.82) is 0 Å². The van der Waals surface area contributed by atoms with E-state index in [4.69, 9.17) is 11.6 Å². The van der Waals surface area contributed by atoms with Crippen LogP contribution in [-0.2, 0) is 4.79 Å². The maximum atomic E-state index is 13.1. The van der Waals surface area contributed by atoms with Crippen LogP contribution in [0.5, 0.6) is 0 Å². The van der Waals surface area contributed by atoms with Gasteiger partial charge >= 0.3 is 6.03 Å². The van der Waals surface area contributed by atoms with Crippen molar-refractivity contribution in [2.75, 3.05) is 19.6 Å². The summed E-state index contributed by atoms with van der Waals surface area (Å²) in [7, 11) is 0. The molecule has 1 atom stereocenters. The van der Waals surface area contributed by atoms with Gasteiger partial charge in [0.1, 0.15) is 10.4 Å². The molecule has 0 bridgehead atoms. The van der Waals surface area contributed by atoms with Gasteiger partial charge in [-0.1, -0.05) is 30.7 Å². The van der Waals surface area contributed by atoms with Crippen molar-refractivity contribution >= 4 is 40.8 Å². The molecule has 2 aliphatic rings. The maximum Gasteiger partial charge on any atom is 0.325 e. The lowest BCUT2D eigenvalue weighted by atomic mass is 9.75. The zero-order chi connectivity index (χ0) is 19.8. The van der Waals surface area contributed by atoms with E-state index in [2.05, 4.69) is 11.9 Å². The SMILES string of the molecule is C=C(C)CN1C(=O)N[C@@](CC)(C2CCN(C(=O)c3sccc3Cl)CC2)C1=O. The molecule has 0 saturated carbocycles. The molecule has 0 aliphatic carbocycles. The number of rotatable bonds is 5. The topological polar surface area (TPSA) is 69.7 Å². The molecular weight excluding hydrogens is 386 g/mol. The molecule has 1 N–H and O–H groups in total. The number of likely N-dealkylation sites (tertiary alicyclic amines) is 1. The van der Waals surface area contributed by atoms with E-state index in [1.807, 2.05) is 6.92 Å². The Morgan fingerprint density at radius 3 is 2.59 bits per heavy atom. The maximum absolute atomic E-state index is 13.1. The highest BCUT2D eigenvalue weighted by molar-refractivity contribution is 7.12. The minimum Gasteiger partial charge on any atom is -0.338 e. The average Bonchev–Trinajstić information content (AvgIpc) is 3.18. The molecule has 2 fully saturated rings. The first-order valence-electron chi connectivity index (χ1n) is 9.11. The number of halogens is 1. The summed E-state index contributed by atoms with van der Waals surface area (Å²) >= 11 is 7.42. The largest absolute Gasteiger partial charge is 0.338 e. The van der Waals surface area contributed by atoms with Gasteiger partial charge in [-0.25, -0.2) is 4.79 Å². The van der Waals surface area contributed by atoms with Gasteiger partial charge in [-0.15, -0.1) is 11.3 Å². The van der Waals surface area contributed by atoms with Crippen molar-refractivity contribution in [3.63, 3.8) is 0 Å². The van der Waals surface area contributed by atoms with Gasteiger partial charge in [0.05, 0.1) is 11.6 Å². The molecule has 27 heavy (non-hydrogen) atoms. The normalized spacial score (nSPS) is 23.7. The third kappa shape index (κ3) is 3.50. The van der Waals surface area contributed by atoms with Gasteiger partial charge in [0, 0.05) is 13.1 Å². The Balaban J connectivity index is 1.71. The fraction of sp³-hybridized carbons (Fsp3) is 0.526. The number of hydrogen-bond donors (Lipinski definition) is 1. The number of urea groups is 1. The van der Waals surface area contributed by atoms with Crippen LogP contribution in [-0.4, -0.2) is 52.8 Å². The van der Waals surface area contributed by atoms with Crippen molar-refractivity contribution in [2.45, 2.75) is 38.6 Å². The highest BCUT2D eigenvalue weighted by Gasteiger charge is 2.54. The van der Waals surface area contributed by atoms with Gasteiger partial charge < -0.3 is 10.2 Å². The van der Waals surface area contributed by atoms with Crippen LogP contribution in [0.2, 0.25) is 5.02 Å². The lowest BCUT2D eigenvalue weighted by Gasteiger charge is -2.40. The summed E-state index contributed by atoms with van der Waals surface area (Å²) in [5.41, 5.74) is -0.124. The monoisotopic (exact) mass is 409 g/mol. The molecule has 0 aromatic carbocycles. The minimum atomic E-state index is -0.887. The van der Waals surface area contributed by atoms with E-state index in [-0.39, 0.29) is 30.3 Å². The molecule has 6 nitrogen and oxygen atoms in total. The molecule has 3 heterocycles. The molecule has 1 aromatic heterocycles. The summed E-state index contributed by atoms with van der Waals surface area (Å²) in [4.78, 5) is 41.7. The predicted octanol–water partition coefficient (Wildman–Crippen LogP) is 3.53. The number of hydrogen-bond acceptors (Lipinski definition) is 4. The number of thiophene rings is 1. The fourth-order valence-corrected chi connectivity index (χ4v) is 5.13. The summed E-state index contributed by atoms with van der Waals surface area (Å²) < 4.78 is 0. The molecule has 3 rings (SSSR count). The molecule has 4 amide bonds. The lowest BCUT2D eigenvalue weighted by Crippen LogP contribution is -2.56. The number of nitrogens with zero attached hydrogens (tertiary/aromatic N) is 2. The van der Waals surface area contributed by atoms with Gasteiger partial charge in [-0.05, 0) is 43.6 Å². The van der Waals surface area contributed by atoms with Crippen LogP contribution in [0.15, 0.2) is 23.6 Å². The Bertz CT molecular complexity index is 785. The van der Waals surface area contributed by atoms with Crippen LogP contribution in [0, 0.1) is 5.92 Å². The Kier molecular flexibility index (Phi) is 5.63. The first kappa shape index (κ1) is 19.9. The Morgan fingerprint density at radius 2 is 2.07 bits per heavy atom. The van der Waals surface area contributed by atoms with Crippen LogP contribution in [0.4, 0.5) is 4.79 Å². The zero-order valence-corrected chi connectivity index (χ0v) is 17.2. The van der Waals surface area contributed by atoms with Gasteiger partial charge in [-0.2, -0.15) is 0 Å². The second-order valence-corrected chi connectivity index (χ2v) is 8.59. The fourth-order valence-electron chi connectivity index (χ4n) is 4.03. The van der Waals surface area contributed by atoms with Gasteiger partial charge in [0.2, 0.25) is 0 Å². The molecule has 0 unspecified atom stereocenters. The molecule has 0 spiro atoms. The van der Waals surface area contributed by atoms with Crippen LogP contribution in [0.1, 0.15) is 42.8 Å². The number of amides is 4. The standard InChI is InChI=1S/C19H24ClN3O3S/c1-4-19(17(25)23(11-12(2)3)18(26)21-19)13-5-8-22(9-6-13)16(24)15-14(20)7-10-27-15/h7,10,13H,2,4-6,8-9,11H2,1,3H3,(H,21,26)/t19-/m0/s1. The Labute approximate surface area is 168 Å². The zero-order valence-electron chi connectivity index (χ0n) is 15.6. The van der Waals surface area contributed by atoms with Crippen LogP contribution in [0.25, 0.3) is 0 Å². The first-order valence-corrected chi connectivity index (χ1v) is 10.4. The second-order valence-electron chi connectivity index (χ2n) is 7.27. The highest BCUT2D eigenvalue weighted by Crippen LogP contribution is 2.37. The number of carbonyl (C=O) groups is 3. The van der Waals surface area contributed by atoms with Crippen molar-refractivity contribution < 1.29 is 14.4 Å². The molecule has 146 valence electrons. The van der Waals surface area contributed by atoms with Crippen LogP contribution >= 0.6 is 22.9 Å². The van der Waals surface area contributed by atoms with Gasteiger partial charge in [0.15, 0.2) is 0 Å². The van der Waals surface area contributed by atoms with E-state index < -0.39 is 5.54 Å². The Hall–Kier alpha value is -1.86. The molecule has 8 heteroatoms. The minimum absolute atomic E-state index is 0.00284. The third-order valence-electron chi connectivity index (χ3n) is 5.48. The van der Waals surface area contributed by atoms with Crippen molar-refractivity contribution in [1.82, 2.24) is 15.1 Å². The molecule has 2 saturated heterocycles. The smallest absolute Gasteiger partial charge is 0.325 e. The van der Waals surface area contributed by atoms with E-state index in [9.17, 15) is 14.4 Å². The molecule has 1 aromatic rings. The third-order valence-corrected chi connectivity index (χ3v) is 6.81. The average molecular weight is 410 g/mol. The summed E-state index contributed by atoms with van der Waals surface area (Å²) in [5.74, 6) is -0.245. The summed E-state index contributed by atoms with van der Waals surface area (Å²) in [6, 6.07) is 1.37. The van der Waals surface area contributed by atoms with Gasteiger partial charge in [0.25, 0.3) is 11.8 Å². The number of carbonyl (C=O) groups excluding carboxylic acids is 3. The molecule has 2 aliphatic heterocycles. The molecule has 0 radical (unpaired) electrons. The van der Waals surface area contributed by atoms with E-state index in [0.717, 1.165) is 5.57 Å². The second kappa shape index (κ2) is 7.64. The molecular formula is C19H24ClN3O3S. The van der Waals surface area contributed by atoms with Gasteiger partial charge in [-0.3, -0.25) is 14.5 Å². The Morgan fingerprint density at radius 1 is 1.41 bits per heavy atom. The van der Waals surface area contributed by atoms with Crippen molar-refractivity contribution in [3.8, 4) is 0 Å². The highest BCUT2D eigenvalue weighted by atomic mass is 35.5. The predicted molar refractivity (Wildman–Crippen MR) is 106 cm³/mol. The van der Waals surface area contributed by atoms with Crippen LogP contribution in [0.3, 0.4) is 0 Å². The number of nitrogens with one attached hydrogen (secondary N) is 1. The summed E-state index contributed by atoms with van der Waals surface area (Å²) in [6.45, 7) is 8.85. The summed E-state index contributed by atoms with van der Waals surface area (Å²) in [6.07, 6.45) is 1.85. The summed E-state index contributed by atoms with van der Waals surface area (Å²) in [5, 5.41) is 5.23. The quantitative estimate of drug-likeness (QED) is 0.597. The van der Waals surface area contributed by atoms with Crippen LogP contribution < -0.4 is 5.32 Å². The van der Waals surface area contributed by atoms with E-state index in [1.165, 1.54) is 16.2 Å². The number of piperidine rings is 1. The van der Waals surface area contributed by atoms with E-state index >= 15 is 0 Å². The van der Waals surface area contributed by atoms with Crippen molar-refractivity contribution in [3.05, 3.63) is 33.5 Å². The van der Waals surface area contributed by atoms with E-state index in [0.29, 0.717) is 42.3 Å². The van der Waals surface area contributed by atoms with E-state index in [1.54, 1.807) is 23.3 Å². The van der Waals surface area contributed by atoms with Crippen molar-refractivity contribution in [2.24, 2.45) is 5.92 Å².